The van der Waals surface area contributed by atoms with Gasteiger partial charge in [0.25, 0.3) is 0 Å². The highest BCUT2D eigenvalue weighted by Crippen LogP contribution is 2.16. The molecule has 0 aliphatic heterocycles. The number of aliphatic hydroxyl groups excluding tert-OH is 1. The zero-order valence-electron chi connectivity index (χ0n) is 30.8. The molecule has 3 heteroatoms. The molecule has 0 radical (unpaired) electrons. The molecule has 1 N–H and O–H groups in total. The number of rotatable bonds is 39. The molecule has 0 bridgehead atoms. The van der Waals surface area contributed by atoms with Gasteiger partial charge >= 0.3 is 5.97 Å². The van der Waals surface area contributed by atoms with E-state index in [1.807, 2.05) is 0 Å². The van der Waals surface area contributed by atoms with Crippen LogP contribution in [0, 0.1) is 0 Å². The molecule has 0 aromatic carbocycles. The molecular weight excluding hydrogens is 552 g/mol. The molecule has 45 heavy (non-hydrogen) atoms. The van der Waals surface area contributed by atoms with E-state index in [2.05, 4.69) is 19.1 Å². The second-order valence-electron chi connectivity index (χ2n) is 14.1. The average molecular weight is 635 g/mol. The van der Waals surface area contributed by atoms with Crippen LogP contribution in [0.25, 0.3) is 0 Å². The van der Waals surface area contributed by atoms with Crippen molar-refractivity contribution in [1.82, 2.24) is 0 Å². The fourth-order valence-electron chi connectivity index (χ4n) is 6.33. The molecule has 0 spiro atoms. The number of unbranched alkanes of at least 4 members (excludes halogenated alkanes) is 32. The third kappa shape index (κ3) is 41.1. The van der Waals surface area contributed by atoms with Crippen LogP contribution >= 0.6 is 0 Å². The van der Waals surface area contributed by atoms with E-state index in [4.69, 9.17) is 9.84 Å². The van der Waals surface area contributed by atoms with Gasteiger partial charge < -0.3 is 9.84 Å². The van der Waals surface area contributed by atoms with Gasteiger partial charge in [-0.25, -0.2) is 0 Å². The van der Waals surface area contributed by atoms with Crippen molar-refractivity contribution in [1.29, 1.82) is 0 Å². The Morgan fingerprint density at radius 2 is 0.733 bits per heavy atom. The third-order valence-electron chi connectivity index (χ3n) is 9.46. The summed E-state index contributed by atoms with van der Waals surface area (Å²) >= 11 is 0. The van der Waals surface area contributed by atoms with Gasteiger partial charge in [0.1, 0.15) is 0 Å². The van der Waals surface area contributed by atoms with Crippen LogP contribution in [0.1, 0.15) is 238 Å². The molecule has 0 aromatic rings. The Morgan fingerprint density at radius 1 is 0.422 bits per heavy atom. The maximum atomic E-state index is 11.9. The van der Waals surface area contributed by atoms with Crippen LogP contribution in [0.15, 0.2) is 12.2 Å². The number of hydrogen-bond donors (Lipinski definition) is 1. The van der Waals surface area contributed by atoms with Crippen LogP contribution in [0.5, 0.6) is 0 Å². The van der Waals surface area contributed by atoms with Crippen LogP contribution < -0.4 is 0 Å². The molecule has 0 aliphatic rings. The predicted molar refractivity (Wildman–Crippen MR) is 199 cm³/mol. The highest BCUT2D eigenvalue weighted by atomic mass is 16.5. The molecule has 0 saturated heterocycles. The van der Waals surface area contributed by atoms with Gasteiger partial charge in [-0.1, -0.05) is 205 Å². The minimum Gasteiger partial charge on any atom is -0.466 e. The number of carbonyl (C=O) groups excluding carboxylic acids is 1. The Hall–Kier alpha value is -0.830. The van der Waals surface area contributed by atoms with E-state index >= 15 is 0 Å². The fraction of sp³-hybridized carbons (Fsp3) is 0.929. The second-order valence-corrected chi connectivity index (χ2v) is 14.1. The zero-order chi connectivity index (χ0) is 32.6. The maximum absolute atomic E-state index is 11.9. The van der Waals surface area contributed by atoms with E-state index in [0.29, 0.717) is 19.6 Å². The first-order valence-electron chi connectivity index (χ1n) is 20.7. The van der Waals surface area contributed by atoms with Gasteiger partial charge in [0.05, 0.1) is 6.61 Å². The Labute approximate surface area is 283 Å². The van der Waals surface area contributed by atoms with Crippen LogP contribution in [0.2, 0.25) is 0 Å². The summed E-state index contributed by atoms with van der Waals surface area (Å²) in [6.07, 6.45) is 51.8. The molecule has 0 fully saturated rings. The molecule has 0 aromatic heterocycles. The first-order chi connectivity index (χ1) is 22.3. The van der Waals surface area contributed by atoms with Gasteiger partial charge in [0.15, 0.2) is 0 Å². The van der Waals surface area contributed by atoms with Gasteiger partial charge in [-0.05, 0) is 38.5 Å². The monoisotopic (exact) mass is 635 g/mol. The normalized spacial score (nSPS) is 11.6. The highest BCUT2D eigenvalue weighted by molar-refractivity contribution is 5.69. The van der Waals surface area contributed by atoms with Gasteiger partial charge in [-0.15, -0.1) is 0 Å². The van der Waals surface area contributed by atoms with Crippen molar-refractivity contribution >= 4 is 5.97 Å². The Balaban J connectivity index is 3.13. The van der Waals surface area contributed by atoms with E-state index in [1.54, 1.807) is 0 Å². The molecule has 0 amide bonds. The van der Waals surface area contributed by atoms with Crippen molar-refractivity contribution in [3.63, 3.8) is 0 Å². The lowest BCUT2D eigenvalue weighted by atomic mass is 10.0. The summed E-state index contributed by atoms with van der Waals surface area (Å²) in [7, 11) is 0. The highest BCUT2D eigenvalue weighted by Gasteiger charge is 2.03. The van der Waals surface area contributed by atoms with Crippen LogP contribution in [0.4, 0.5) is 0 Å². The summed E-state index contributed by atoms with van der Waals surface area (Å²) in [4.78, 5) is 11.9. The van der Waals surface area contributed by atoms with E-state index in [-0.39, 0.29) is 5.97 Å². The van der Waals surface area contributed by atoms with Crippen molar-refractivity contribution in [3.8, 4) is 0 Å². The summed E-state index contributed by atoms with van der Waals surface area (Å²) in [6, 6.07) is 0. The molecule has 0 rings (SSSR count). The van der Waals surface area contributed by atoms with E-state index < -0.39 is 0 Å². The number of carbonyl (C=O) groups is 1. The van der Waals surface area contributed by atoms with Gasteiger partial charge in [0, 0.05) is 13.0 Å². The molecule has 0 saturated carbocycles. The van der Waals surface area contributed by atoms with Gasteiger partial charge in [0.2, 0.25) is 0 Å². The molecule has 268 valence electrons. The lowest BCUT2D eigenvalue weighted by molar-refractivity contribution is -0.143. The minimum atomic E-state index is 0.0131. The molecule has 0 unspecified atom stereocenters. The summed E-state index contributed by atoms with van der Waals surface area (Å²) < 4.78 is 5.44. The number of hydrogen-bond acceptors (Lipinski definition) is 3. The number of allylic oxidation sites excluding steroid dienone is 2. The lowest BCUT2D eigenvalue weighted by Gasteiger charge is -2.06. The molecule has 0 heterocycles. The van der Waals surface area contributed by atoms with Crippen LogP contribution in [0.3, 0.4) is 0 Å². The summed E-state index contributed by atoms with van der Waals surface area (Å²) in [5, 5.41) is 8.80. The van der Waals surface area contributed by atoms with E-state index in [9.17, 15) is 4.79 Å². The van der Waals surface area contributed by atoms with Gasteiger partial charge in [-0.2, -0.15) is 0 Å². The zero-order valence-corrected chi connectivity index (χ0v) is 30.8. The van der Waals surface area contributed by atoms with Crippen molar-refractivity contribution in [2.75, 3.05) is 13.2 Å². The topological polar surface area (TPSA) is 46.5 Å². The number of esters is 1. The lowest BCUT2D eigenvalue weighted by Crippen LogP contribution is -2.05. The van der Waals surface area contributed by atoms with Crippen molar-refractivity contribution in [2.45, 2.75) is 238 Å². The van der Waals surface area contributed by atoms with Crippen molar-refractivity contribution in [2.24, 2.45) is 0 Å². The first kappa shape index (κ1) is 44.2. The SMILES string of the molecule is CCCC/C=C\CCCCCCCC(=O)OCCCCCCCCCCCCCCCCCCCCCCCCCCCCO. The number of aliphatic hydroxyl groups is 1. The predicted octanol–water partition coefficient (Wildman–Crippen LogP) is 14.1. The Morgan fingerprint density at radius 3 is 1.11 bits per heavy atom. The quantitative estimate of drug-likeness (QED) is 0.0416. The van der Waals surface area contributed by atoms with Gasteiger partial charge in [-0.3, -0.25) is 4.79 Å². The average Bonchev–Trinajstić information content (AvgIpc) is 3.05. The van der Waals surface area contributed by atoms with Crippen molar-refractivity contribution < 1.29 is 14.6 Å². The van der Waals surface area contributed by atoms with Crippen LogP contribution in [-0.2, 0) is 9.53 Å². The summed E-state index contributed by atoms with van der Waals surface area (Å²) in [6.45, 7) is 3.23. The fourth-order valence-corrected chi connectivity index (χ4v) is 6.33. The molecule has 0 atom stereocenters. The van der Waals surface area contributed by atoms with E-state index in [1.165, 1.54) is 199 Å². The molecule has 3 nitrogen and oxygen atoms in total. The number of ether oxygens (including phenoxy) is 1. The Kier molecular flexibility index (Phi) is 40.4. The summed E-state index contributed by atoms with van der Waals surface area (Å²) in [5.41, 5.74) is 0. The molecule has 0 aliphatic carbocycles. The minimum absolute atomic E-state index is 0.0131. The van der Waals surface area contributed by atoms with Crippen molar-refractivity contribution in [3.05, 3.63) is 12.2 Å². The standard InChI is InChI=1S/C42H82O3/c1-2-3-4-5-6-7-24-27-30-33-36-39-42(44)45-41-38-35-32-29-26-23-21-19-17-15-13-11-9-8-10-12-14-16-18-20-22-25-28-31-34-37-40-43/h5-6,43H,2-4,7-41H2,1H3/b6-5-. The first-order valence-corrected chi connectivity index (χ1v) is 20.7. The Bertz CT molecular complexity index is 572. The molecular formula is C42H82O3. The van der Waals surface area contributed by atoms with E-state index in [0.717, 1.165) is 25.7 Å². The summed E-state index contributed by atoms with van der Waals surface area (Å²) in [5.74, 6) is 0.0131. The largest absolute Gasteiger partial charge is 0.466 e. The second kappa shape index (κ2) is 41.2. The smallest absolute Gasteiger partial charge is 0.305 e. The van der Waals surface area contributed by atoms with Crippen LogP contribution in [-0.4, -0.2) is 24.3 Å². The third-order valence-corrected chi connectivity index (χ3v) is 9.46. The maximum Gasteiger partial charge on any atom is 0.305 e.